The van der Waals surface area contributed by atoms with E-state index in [2.05, 4.69) is 15.6 Å². The number of hydrogen-bond acceptors (Lipinski definition) is 4. The number of hydrogen-bond donors (Lipinski definition) is 2. The highest BCUT2D eigenvalue weighted by molar-refractivity contribution is 7.84. The van der Waals surface area contributed by atoms with Crippen LogP contribution in [0.15, 0.2) is 53.6 Å². The Bertz CT molecular complexity index is 1070. The van der Waals surface area contributed by atoms with E-state index in [1.165, 1.54) is 23.0 Å². The Hall–Kier alpha value is -3.33. The van der Waals surface area contributed by atoms with Crippen LogP contribution in [0.3, 0.4) is 0 Å². The van der Waals surface area contributed by atoms with Gasteiger partial charge in [-0.2, -0.15) is 0 Å². The second-order valence-electron chi connectivity index (χ2n) is 6.04. The largest absolute Gasteiger partial charge is 0.339 e. The van der Waals surface area contributed by atoms with Gasteiger partial charge in [0.05, 0.1) is 11.3 Å². The fourth-order valence-corrected chi connectivity index (χ4v) is 3.25. The van der Waals surface area contributed by atoms with E-state index in [1.54, 1.807) is 37.4 Å². The number of nitrogens with one attached hydrogen (secondary N) is 2. The second kappa shape index (κ2) is 8.78. The van der Waals surface area contributed by atoms with Gasteiger partial charge in [-0.3, -0.25) is 13.6 Å². The third kappa shape index (κ3) is 4.40. The summed E-state index contributed by atoms with van der Waals surface area (Å²) in [6, 6.07) is 10.5. The lowest BCUT2D eigenvalue weighted by molar-refractivity contribution is -0.108. The minimum Gasteiger partial charge on any atom is -0.339 e. The van der Waals surface area contributed by atoms with Crippen LogP contribution in [0.4, 0.5) is 20.3 Å². The van der Waals surface area contributed by atoms with Gasteiger partial charge in [-0.15, -0.1) is 0 Å². The van der Waals surface area contributed by atoms with Crippen LogP contribution in [-0.2, 0) is 15.6 Å². The van der Waals surface area contributed by atoms with Crippen molar-refractivity contribution in [1.29, 1.82) is 0 Å². The molecule has 0 saturated carbocycles. The molecule has 150 valence electrons. The normalized spacial score (nSPS) is 12.1. The molecule has 3 rings (SSSR count). The standard InChI is InChI=1S/C20H18F2N4O2S/c1-13-19(24-14-6-8-15(9-7-14)29(2)28)25-20(26(13)11-10-23-12-27)18-16(21)4-3-5-17(18)22/h3-12,24H,1-2H3,(H,23,27)/b11-10-. The zero-order valence-corrected chi connectivity index (χ0v) is 16.5. The molecule has 0 radical (unpaired) electrons. The lowest BCUT2D eigenvalue weighted by Gasteiger charge is -2.07. The maximum atomic E-state index is 14.4. The van der Waals surface area contributed by atoms with Gasteiger partial charge in [-0.05, 0) is 43.3 Å². The Morgan fingerprint density at radius 1 is 1.10 bits per heavy atom. The molecule has 1 atom stereocenters. The number of benzene rings is 2. The van der Waals surface area contributed by atoms with Gasteiger partial charge in [-0.25, -0.2) is 13.8 Å². The van der Waals surface area contributed by atoms with Gasteiger partial charge < -0.3 is 10.6 Å². The molecular weight excluding hydrogens is 398 g/mol. The molecule has 0 bridgehead atoms. The van der Waals surface area contributed by atoms with E-state index in [0.717, 1.165) is 12.1 Å². The molecule has 3 aromatic rings. The molecule has 2 aromatic carbocycles. The number of imidazole rings is 1. The average Bonchev–Trinajstić information content (AvgIpc) is 2.98. The van der Waals surface area contributed by atoms with Crippen molar-refractivity contribution in [1.82, 2.24) is 14.9 Å². The molecule has 9 heteroatoms. The molecule has 1 aromatic heterocycles. The number of halogens is 2. The van der Waals surface area contributed by atoms with Crippen molar-refractivity contribution in [2.45, 2.75) is 11.8 Å². The van der Waals surface area contributed by atoms with Crippen LogP contribution in [-0.4, -0.2) is 26.4 Å². The zero-order chi connectivity index (χ0) is 21.0. The molecule has 0 fully saturated rings. The lowest BCUT2D eigenvalue weighted by Crippen LogP contribution is -2.03. The first-order chi connectivity index (χ1) is 13.9. The van der Waals surface area contributed by atoms with Crippen molar-refractivity contribution >= 4 is 34.9 Å². The molecule has 1 unspecified atom stereocenters. The Balaban J connectivity index is 2.07. The van der Waals surface area contributed by atoms with E-state index in [-0.39, 0.29) is 11.4 Å². The predicted octanol–water partition coefficient (Wildman–Crippen LogP) is 3.79. The van der Waals surface area contributed by atoms with Gasteiger partial charge in [0.2, 0.25) is 6.41 Å². The minimum atomic E-state index is -1.10. The monoisotopic (exact) mass is 416 g/mol. The highest BCUT2D eigenvalue weighted by atomic mass is 32.2. The molecular formula is C20H18F2N4O2S. The number of amides is 1. The summed E-state index contributed by atoms with van der Waals surface area (Å²) in [4.78, 5) is 15.6. The quantitative estimate of drug-likeness (QED) is 0.575. The number of aromatic nitrogens is 2. The van der Waals surface area contributed by atoms with Crippen molar-refractivity contribution in [3.8, 4) is 11.4 Å². The molecule has 0 aliphatic rings. The van der Waals surface area contributed by atoms with Gasteiger partial charge in [0.15, 0.2) is 11.6 Å². The summed E-state index contributed by atoms with van der Waals surface area (Å²) in [5, 5.41) is 5.46. The van der Waals surface area contributed by atoms with E-state index >= 15 is 0 Å². The first-order valence-corrected chi connectivity index (χ1v) is 10.1. The van der Waals surface area contributed by atoms with E-state index in [0.29, 0.717) is 28.5 Å². The number of anilines is 2. The summed E-state index contributed by atoms with van der Waals surface area (Å²) in [6.07, 6.45) is 4.85. The SMILES string of the molecule is Cc1c(Nc2ccc(S(C)=O)cc2)nc(-c2c(F)cccc2F)n1/C=C\NC=O. The van der Waals surface area contributed by atoms with Crippen LogP contribution < -0.4 is 10.6 Å². The maximum Gasteiger partial charge on any atom is 0.211 e. The van der Waals surface area contributed by atoms with Gasteiger partial charge in [0, 0.05) is 40.0 Å². The molecule has 1 amide bonds. The Kier molecular flexibility index (Phi) is 6.18. The third-order valence-corrected chi connectivity index (χ3v) is 5.11. The third-order valence-electron chi connectivity index (χ3n) is 4.17. The second-order valence-corrected chi connectivity index (χ2v) is 7.42. The average molecular weight is 416 g/mol. The van der Waals surface area contributed by atoms with E-state index < -0.39 is 22.4 Å². The van der Waals surface area contributed by atoms with E-state index in [1.807, 2.05) is 0 Å². The van der Waals surface area contributed by atoms with Crippen molar-refractivity contribution in [3.63, 3.8) is 0 Å². The highest BCUT2D eigenvalue weighted by Crippen LogP contribution is 2.31. The van der Waals surface area contributed by atoms with Gasteiger partial charge in [0.25, 0.3) is 0 Å². The fourth-order valence-electron chi connectivity index (χ4n) is 2.73. The maximum absolute atomic E-state index is 14.4. The first kappa shape index (κ1) is 20.4. The summed E-state index contributed by atoms with van der Waals surface area (Å²) >= 11 is 0. The van der Waals surface area contributed by atoms with Crippen LogP contribution in [0.5, 0.6) is 0 Å². The van der Waals surface area contributed by atoms with E-state index in [9.17, 15) is 17.8 Å². The molecule has 2 N–H and O–H groups in total. The van der Waals surface area contributed by atoms with Crippen LogP contribution in [0.1, 0.15) is 5.69 Å². The molecule has 29 heavy (non-hydrogen) atoms. The van der Waals surface area contributed by atoms with Crippen molar-refractivity contribution in [2.75, 3.05) is 11.6 Å². The topological polar surface area (TPSA) is 76.0 Å². The molecule has 0 aliphatic carbocycles. The summed E-state index contributed by atoms with van der Waals surface area (Å²) in [5.74, 6) is -1.09. The fraction of sp³-hybridized carbons (Fsp3) is 0.100. The number of carbonyl (C=O) groups is 1. The lowest BCUT2D eigenvalue weighted by atomic mass is 10.2. The summed E-state index contributed by atoms with van der Waals surface area (Å²) in [5.41, 5.74) is 0.952. The van der Waals surface area contributed by atoms with Gasteiger partial charge >= 0.3 is 0 Å². The van der Waals surface area contributed by atoms with Crippen LogP contribution in [0.2, 0.25) is 0 Å². The van der Waals surface area contributed by atoms with Crippen LogP contribution in [0, 0.1) is 18.6 Å². The summed E-state index contributed by atoms with van der Waals surface area (Å²) in [6.45, 7) is 1.72. The molecule has 0 spiro atoms. The predicted molar refractivity (Wildman–Crippen MR) is 109 cm³/mol. The summed E-state index contributed by atoms with van der Waals surface area (Å²) < 4.78 is 41.7. The van der Waals surface area contributed by atoms with Gasteiger partial charge in [-0.1, -0.05) is 6.07 Å². The number of carbonyl (C=O) groups excluding carboxylic acids is 1. The molecule has 6 nitrogen and oxygen atoms in total. The number of nitrogens with zero attached hydrogens (tertiary/aromatic N) is 2. The van der Waals surface area contributed by atoms with Crippen LogP contribution >= 0.6 is 0 Å². The minimum absolute atomic E-state index is 0.0378. The molecule has 1 heterocycles. The summed E-state index contributed by atoms with van der Waals surface area (Å²) in [7, 11) is -1.10. The van der Waals surface area contributed by atoms with Gasteiger partial charge in [0.1, 0.15) is 11.6 Å². The van der Waals surface area contributed by atoms with Crippen molar-refractivity contribution in [2.24, 2.45) is 0 Å². The van der Waals surface area contributed by atoms with Crippen LogP contribution in [0.25, 0.3) is 17.6 Å². The Labute approximate surface area is 168 Å². The first-order valence-electron chi connectivity index (χ1n) is 8.52. The molecule has 0 saturated heterocycles. The highest BCUT2D eigenvalue weighted by Gasteiger charge is 2.20. The smallest absolute Gasteiger partial charge is 0.211 e. The Morgan fingerprint density at radius 2 is 1.76 bits per heavy atom. The zero-order valence-electron chi connectivity index (χ0n) is 15.6. The van der Waals surface area contributed by atoms with Crippen molar-refractivity contribution < 1.29 is 17.8 Å². The Morgan fingerprint density at radius 3 is 2.34 bits per heavy atom. The number of rotatable bonds is 7. The molecule has 0 aliphatic heterocycles. The van der Waals surface area contributed by atoms with E-state index in [4.69, 9.17) is 0 Å². The van der Waals surface area contributed by atoms with Crippen molar-refractivity contribution in [3.05, 3.63) is 66.0 Å².